The number of carbonyl (C=O) groups excluding carboxylic acids is 2. The number of allylic oxidation sites excluding steroid dienone is 2. The Hall–Kier alpha value is -4.22. The first-order valence-corrected chi connectivity index (χ1v) is 14.1. The number of pyridine rings is 1. The maximum atomic E-state index is 13.9. The van der Waals surface area contributed by atoms with Crippen LogP contribution in [0.1, 0.15) is 60.8 Å². The van der Waals surface area contributed by atoms with Crippen molar-refractivity contribution in [2.75, 3.05) is 31.6 Å². The number of morpholine rings is 1. The molecule has 220 valence electrons. The van der Waals surface area contributed by atoms with E-state index in [1.54, 1.807) is 33.2 Å². The molecule has 1 aromatic heterocycles. The Balaban J connectivity index is 1.31. The Kier molecular flexibility index (Phi) is 7.24. The lowest BCUT2D eigenvalue weighted by atomic mass is 9.98. The first kappa shape index (κ1) is 27.9. The lowest BCUT2D eigenvalue weighted by Crippen LogP contribution is -2.38. The molecule has 1 unspecified atom stereocenters. The normalized spacial score (nSPS) is 20.9. The first-order valence-electron chi connectivity index (χ1n) is 14.1. The van der Waals surface area contributed by atoms with Crippen LogP contribution >= 0.6 is 0 Å². The van der Waals surface area contributed by atoms with E-state index < -0.39 is 17.6 Å². The zero-order valence-corrected chi connectivity index (χ0v) is 24.2. The fraction of sp³-hybridized carbons (Fsp3) is 0.387. The Morgan fingerprint density at radius 1 is 1.21 bits per heavy atom. The fourth-order valence-electron chi connectivity index (χ4n) is 5.61. The number of carbonyl (C=O) groups is 2. The highest BCUT2D eigenvalue weighted by Crippen LogP contribution is 2.40. The van der Waals surface area contributed by atoms with Gasteiger partial charge in [0, 0.05) is 43.3 Å². The summed E-state index contributed by atoms with van der Waals surface area (Å²) in [7, 11) is 0. The van der Waals surface area contributed by atoms with E-state index in [4.69, 9.17) is 9.47 Å². The van der Waals surface area contributed by atoms with Crippen LogP contribution in [0.5, 0.6) is 0 Å². The summed E-state index contributed by atoms with van der Waals surface area (Å²) in [6.45, 7) is 10.7. The molecule has 0 bridgehead atoms. The predicted molar refractivity (Wildman–Crippen MR) is 156 cm³/mol. The SMILES string of the molecule is C[C@@H](c1ccc(Nc2ccc(C3=CNC4C=C(F)C=CN34)c3c2C(=O)N(C(=O)OC(C)(C)C)C3)nc1)N1CCOCC1. The van der Waals surface area contributed by atoms with Gasteiger partial charge in [-0.2, -0.15) is 0 Å². The topological polar surface area (TPSA) is 99.3 Å². The smallest absolute Gasteiger partial charge is 0.417 e. The second-order valence-electron chi connectivity index (χ2n) is 11.7. The van der Waals surface area contributed by atoms with Crippen molar-refractivity contribution in [1.29, 1.82) is 0 Å². The molecule has 0 spiro atoms. The fourth-order valence-corrected chi connectivity index (χ4v) is 5.61. The summed E-state index contributed by atoms with van der Waals surface area (Å²) in [5.74, 6) is -0.204. The van der Waals surface area contributed by atoms with Gasteiger partial charge in [-0.05, 0) is 63.1 Å². The van der Waals surface area contributed by atoms with E-state index in [1.165, 1.54) is 12.2 Å². The van der Waals surface area contributed by atoms with Gasteiger partial charge in [-0.25, -0.2) is 19.1 Å². The second kappa shape index (κ2) is 10.9. The third-order valence-electron chi connectivity index (χ3n) is 7.78. The quantitative estimate of drug-likeness (QED) is 0.510. The molecule has 1 aromatic carbocycles. The highest BCUT2D eigenvalue weighted by Gasteiger charge is 2.40. The molecule has 5 heterocycles. The molecule has 42 heavy (non-hydrogen) atoms. The summed E-state index contributed by atoms with van der Waals surface area (Å²) in [4.78, 5) is 36.9. The number of imide groups is 1. The number of benzene rings is 1. The minimum Gasteiger partial charge on any atom is -0.443 e. The molecule has 0 radical (unpaired) electrons. The molecular weight excluding hydrogens is 539 g/mol. The van der Waals surface area contributed by atoms with Crippen molar-refractivity contribution in [3.05, 3.63) is 83.1 Å². The van der Waals surface area contributed by atoms with E-state index in [9.17, 15) is 14.0 Å². The molecule has 1 fully saturated rings. The lowest BCUT2D eigenvalue weighted by molar-refractivity contribution is 0.0198. The van der Waals surface area contributed by atoms with Gasteiger partial charge in [-0.3, -0.25) is 9.69 Å². The number of hydrogen-bond acceptors (Lipinski definition) is 9. The maximum absolute atomic E-state index is 13.9. The first-order chi connectivity index (χ1) is 20.1. The van der Waals surface area contributed by atoms with E-state index in [0.717, 1.165) is 48.0 Å². The molecule has 2 amide bonds. The molecule has 11 heteroatoms. The number of ether oxygens (including phenoxy) is 2. The molecule has 4 aliphatic rings. The number of hydrogen-bond donors (Lipinski definition) is 2. The van der Waals surface area contributed by atoms with Gasteiger partial charge < -0.3 is 25.0 Å². The van der Waals surface area contributed by atoms with Crippen LogP contribution in [0.25, 0.3) is 5.70 Å². The number of halogens is 1. The number of amides is 2. The Morgan fingerprint density at radius 3 is 2.71 bits per heavy atom. The van der Waals surface area contributed by atoms with Crippen LogP contribution in [-0.4, -0.2) is 69.8 Å². The lowest BCUT2D eigenvalue weighted by Gasteiger charge is -2.32. The molecule has 2 N–H and O–H groups in total. The monoisotopic (exact) mass is 574 g/mol. The highest BCUT2D eigenvalue weighted by molar-refractivity contribution is 6.11. The minimum atomic E-state index is -0.764. The summed E-state index contributed by atoms with van der Waals surface area (Å²) in [6.07, 6.45) is 7.09. The molecule has 4 aliphatic heterocycles. The van der Waals surface area contributed by atoms with E-state index in [-0.39, 0.29) is 24.6 Å². The Bertz CT molecular complexity index is 1490. The van der Waals surface area contributed by atoms with E-state index in [2.05, 4.69) is 27.4 Å². The van der Waals surface area contributed by atoms with Gasteiger partial charge in [0.1, 0.15) is 23.4 Å². The van der Waals surface area contributed by atoms with E-state index in [1.807, 2.05) is 35.4 Å². The minimum absolute atomic E-state index is 0.0428. The second-order valence-corrected chi connectivity index (χ2v) is 11.7. The van der Waals surface area contributed by atoms with Crippen LogP contribution in [0.3, 0.4) is 0 Å². The molecule has 2 aromatic rings. The number of anilines is 2. The van der Waals surface area contributed by atoms with E-state index >= 15 is 0 Å². The van der Waals surface area contributed by atoms with Crippen LogP contribution in [0.2, 0.25) is 0 Å². The van der Waals surface area contributed by atoms with Gasteiger partial charge in [0.05, 0.1) is 36.7 Å². The zero-order valence-electron chi connectivity index (χ0n) is 24.2. The van der Waals surface area contributed by atoms with E-state index in [0.29, 0.717) is 22.6 Å². The average Bonchev–Trinajstić information content (AvgIpc) is 3.54. The van der Waals surface area contributed by atoms with Crippen molar-refractivity contribution >= 4 is 29.2 Å². The van der Waals surface area contributed by atoms with Crippen LogP contribution in [0, 0.1) is 0 Å². The number of nitrogens with zero attached hydrogens (tertiary/aromatic N) is 4. The van der Waals surface area contributed by atoms with Crippen molar-refractivity contribution in [3.8, 4) is 0 Å². The van der Waals surface area contributed by atoms with Crippen LogP contribution < -0.4 is 10.6 Å². The summed E-state index contributed by atoms with van der Waals surface area (Å²) < 4.78 is 24.9. The van der Waals surface area contributed by atoms with Gasteiger partial charge in [0.25, 0.3) is 5.91 Å². The van der Waals surface area contributed by atoms with Gasteiger partial charge in [-0.15, -0.1) is 0 Å². The maximum Gasteiger partial charge on any atom is 0.417 e. The standard InChI is InChI=1S/C31H35FN6O4/c1-19(36-11-13-41-14-12-36)20-5-8-26(33-16-20)35-24-7-6-22(25-17-34-27-15-21(32)9-10-37(25)27)23-18-38(29(39)28(23)24)30(40)42-31(2,3)4/h5-10,15-17,19,27,34H,11-14,18H2,1-4H3,(H,33,35)/t19-,27?/m0/s1. The molecule has 6 rings (SSSR count). The summed E-state index contributed by atoms with van der Waals surface area (Å²) in [5.41, 5.74) is 3.43. The van der Waals surface area contributed by atoms with Crippen LogP contribution in [0.15, 0.2) is 60.8 Å². The molecule has 2 atom stereocenters. The van der Waals surface area contributed by atoms with Crippen molar-refractivity contribution < 1.29 is 23.5 Å². The molecule has 0 aliphatic carbocycles. The molecule has 0 saturated carbocycles. The largest absolute Gasteiger partial charge is 0.443 e. The Morgan fingerprint density at radius 2 is 2.00 bits per heavy atom. The Labute approximate surface area is 244 Å². The molecule has 10 nitrogen and oxygen atoms in total. The molecule has 1 saturated heterocycles. The number of rotatable bonds is 5. The van der Waals surface area contributed by atoms with Crippen molar-refractivity contribution in [1.82, 2.24) is 25.0 Å². The van der Waals surface area contributed by atoms with Crippen LogP contribution in [-0.2, 0) is 16.0 Å². The number of nitrogens with one attached hydrogen (secondary N) is 2. The predicted octanol–water partition coefficient (Wildman–Crippen LogP) is 5.02. The third-order valence-corrected chi connectivity index (χ3v) is 7.78. The number of aromatic nitrogens is 1. The average molecular weight is 575 g/mol. The number of fused-ring (bicyclic) bond motifs is 2. The van der Waals surface area contributed by atoms with Gasteiger partial charge >= 0.3 is 6.09 Å². The zero-order chi connectivity index (χ0) is 29.6. The van der Waals surface area contributed by atoms with Crippen LogP contribution in [0.4, 0.5) is 20.7 Å². The van der Waals surface area contributed by atoms with Crippen molar-refractivity contribution in [2.45, 2.75) is 52.0 Å². The highest BCUT2D eigenvalue weighted by atomic mass is 19.1. The summed E-state index contributed by atoms with van der Waals surface area (Å²) >= 11 is 0. The third kappa shape index (κ3) is 5.37. The van der Waals surface area contributed by atoms with Crippen molar-refractivity contribution in [2.24, 2.45) is 0 Å². The van der Waals surface area contributed by atoms with Gasteiger partial charge in [0.15, 0.2) is 0 Å². The summed E-state index contributed by atoms with van der Waals surface area (Å²) in [6, 6.07) is 7.84. The van der Waals surface area contributed by atoms with Gasteiger partial charge in [-0.1, -0.05) is 12.1 Å². The van der Waals surface area contributed by atoms with Crippen molar-refractivity contribution in [3.63, 3.8) is 0 Å². The summed E-state index contributed by atoms with van der Waals surface area (Å²) in [5, 5.41) is 6.47. The van der Waals surface area contributed by atoms with Gasteiger partial charge in [0.2, 0.25) is 0 Å². The molecular formula is C31H35FN6O4.